The molecule has 0 saturated heterocycles. The van der Waals surface area contributed by atoms with Gasteiger partial charge in [0, 0.05) is 18.3 Å². The largest absolute Gasteiger partial charge is 0.369 e. The lowest BCUT2D eigenvalue weighted by atomic mass is 9.85. The van der Waals surface area contributed by atoms with Crippen LogP contribution >= 0.6 is 0 Å². The van der Waals surface area contributed by atoms with E-state index in [0.29, 0.717) is 17.3 Å². The van der Waals surface area contributed by atoms with Gasteiger partial charge >= 0.3 is 0 Å². The molecule has 2 unspecified atom stereocenters. The third-order valence-electron chi connectivity index (χ3n) is 4.09. The molecule has 1 fully saturated rings. The molecule has 1 aromatic heterocycles. The van der Waals surface area contributed by atoms with Gasteiger partial charge in [-0.15, -0.1) is 0 Å². The molecule has 5 N–H and O–H groups in total. The van der Waals surface area contributed by atoms with E-state index in [1.54, 1.807) is 0 Å². The standard InChI is InChI=1S/C15H24N4O/c1-9-7-10(2)19-15(13(9)14(17)20)18-8-11-5-3-4-6-12(11)16/h7,11-12H,3-6,8,16H2,1-2H3,(H2,17,20)(H,18,19). The first kappa shape index (κ1) is 14.8. The number of rotatable bonds is 4. The number of carbonyl (C=O) groups excluding carboxylic acids is 1. The summed E-state index contributed by atoms with van der Waals surface area (Å²) in [5.41, 5.74) is 13.8. The lowest BCUT2D eigenvalue weighted by Gasteiger charge is -2.29. The number of nitrogens with two attached hydrogens (primary N) is 2. The molecular formula is C15H24N4O. The van der Waals surface area contributed by atoms with E-state index in [1.165, 1.54) is 12.8 Å². The zero-order valence-corrected chi connectivity index (χ0v) is 12.3. The van der Waals surface area contributed by atoms with Crippen LogP contribution in [0, 0.1) is 19.8 Å². The van der Waals surface area contributed by atoms with Crippen molar-refractivity contribution in [2.24, 2.45) is 17.4 Å². The first-order chi connectivity index (χ1) is 9.49. The molecule has 1 heterocycles. The van der Waals surface area contributed by atoms with Gasteiger partial charge in [0.15, 0.2) is 0 Å². The van der Waals surface area contributed by atoms with Crippen molar-refractivity contribution in [3.63, 3.8) is 0 Å². The highest BCUT2D eigenvalue weighted by molar-refractivity contribution is 5.99. The average Bonchev–Trinajstić information content (AvgIpc) is 2.36. The zero-order valence-electron chi connectivity index (χ0n) is 12.3. The number of amides is 1. The molecule has 5 heteroatoms. The van der Waals surface area contributed by atoms with Crippen molar-refractivity contribution in [1.29, 1.82) is 0 Å². The average molecular weight is 276 g/mol. The van der Waals surface area contributed by atoms with Gasteiger partial charge in [0.25, 0.3) is 5.91 Å². The second-order valence-electron chi connectivity index (χ2n) is 5.76. The molecule has 2 rings (SSSR count). The van der Waals surface area contributed by atoms with Gasteiger partial charge in [0.1, 0.15) is 5.82 Å². The van der Waals surface area contributed by atoms with E-state index in [-0.39, 0.29) is 6.04 Å². The predicted molar refractivity (Wildman–Crippen MR) is 80.7 cm³/mol. The number of aromatic nitrogens is 1. The van der Waals surface area contributed by atoms with Crippen LogP contribution in [0.3, 0.4) is 0 Å². The maximum Gasteiger partial charge on any atom is 0.252 e. The lowest BCUT2D eigenvalue weighted by Crippen LogP contribution is -2.37. The van der Waals surface area contributed by atoms with Crippen LogP contribution in [-0.2, 0) is 0 Å². The Hall–Kier alpha value is -1.62. The summed E-state index contributed by atoms with van der Waals surface area (Å²) >= 11 is 0. The Bertz CT molecular complexity index is 501. The van der Waals surface area contributed by atoms with Crippen molar-refractivity contribution in [3.05, 3.63) is 22.9 Å². The number of hydrogen-bond donors (Lipinski definition) is 3. The first-order valence-electron chi connectivity index (χ1n) is 7.26. The molecule has 0 aromatic carbocycles. The maximum atomic E-state index is 11.6. The minimum Gasteiger partial charge on any atom is -0.369 e. The second kappa shape index (κ2) is 6.22. The maximum absolute atomic E-state index is 11.6. The Morgan fingerprint density at radius 1 is 1.40 bits per heavy atom. The SMILES string of the molecule is Cc1cc(C)c(C(N)=O)c(NCC2CCCCC2N)n1. The summed E-state index contributed by atoms with van der Waals surface area (Å²) in [6, 6.07) is 2.11. The summed E-state index contributed by atoms with van der Waals surface area (Å²) in [6.45, 7) is 4.54. The topological polar surface area (TPSA) is 94.0 Å². The molecule has 1 saturated carbocycles. The molecule has 1 aliphatic carbocycles. The summed E-state index contributed by atoms with van der Waals surface area (Å²) in [7, 11) is 0. The lowest BCUT2D eigenvalue weighted by molar-refractivity contribution is 0.1000. The van der Waals surface area contributed by atoms with Crippen LogP contribution in [0.25, 0.3) is 0 Å². The van der Waals surface area contributed by atoms with E-state index in [1.807, 2.05) is 19.9 Å². The Labute approximate surface area is 120 Å². The fraction of sp³-hybridized carbons (Fsp3) is 0.600. The monoisotopic (exact) mass is 276 g/mol. The fourth-order valence-corrected chi connectivity index (χ4v) is 2.99. The van der Waals surface area contributed by atoms with Crippen molar-refractivity contribution < 1.29 is 4.79 Å². The Morgan fingerprint density at radius 3 is 2.75 bits per heavy atom. The van der Waals surface area contributed by atoms with Gasteiger partial charge in [-0.3, -0.25) is 4.79 Å². The first-order valence-corrected chi connectivity index (χ1v) is 7.26. The fourth-order valence-electron chi connectivity index (χ4n) is 2.99. The van der Waals surface area contributed by atoms with Gasteiger partial charge < -0.3 is 16.8 Å². The predicted octanol–water partition coefficient (Wildman–Crippen LogP) is 1.73. The van der Waals surface area contributed by atoms with Crippen LogP contribution in [0.5, 0.6) is 0 Å². The minimum atomic E-state index is -0.439. The smallest absolute Gasteiger partial charge is 0.252 e. The van der Waals surface area contributed by atoms with Crippen LogP contribution in [0.4, 0.5) is 5.82 Å². The molecule has 110 valence electrons. The number of anilines is 1. The molecule has 1 amide bonds. The van der Waals surface area contributed by atoms with E-state index in [0.717, 1.165) is 30.6 Å². The number of hydrogen-bond acceptors (Lipinski definition) is 4. The van der Waals surface area contributed by atoms with Gasteiger partial charge in [-0.1, -0.05) is 12.8 Å². The van der Waals surface area contributed by atoms with Crippen molar-refractivity contribution in [2.75, 3.05) is 11.9 Å². The van der Waals surface area contributed by atoms with E-state index < -0.39 is 5.91 Å². The third-order valence-corrected chi connectivity index (χ3v) is 4.09. The third kappa shape index (κ3) is 3.28. The van der Waals surface area contributed by atoms with Crippen molar-refractivity contribution in [2.45, 2.75) is 45.6 Å². The highest BCUT2D eigenvalue weighted by atomic mass is 16.1. The molecule has 5 nitrogen and oxygen atoms in total. The van der Waals surface area contributed by atoms with E-state index >= 15 is 0 Å². The van der Waals surface area contributed by atoms with E-state index in [4.69, 9.17) is 11.5 Å². The molecule has 1 aromatic rings. The number of nitrogens with one attached hydrogen (secondary N) is 1. The van der Waals surface area contributed by atoms with Crippen molar-refractivity contribution in [1.82, 2.24) is 4.98 Å². The molecule has 0 aliphatic heterocycles. The highest BCUT2D eigenvalue weighted by Crippen LogP contribution is 2.24. The summed E-state index contributed by atoms with van der Waals surface area (Å²) in [6.07, 6.45) is 4.65. The second-order valence-corrected chi connectivity index (χ2v) is 5.76. The Kier molecular flexibility index (Phi) is 4.60. The van der Waals surface area contributed by atoms with Gasteiger partial charge in [-0.25, -0.2) is 4.98 Å². The highest BCUT2D eigenvalue weighted by Gasteiger charge is 2.22. The molecule has 0 radical (unpaired) electrons. The number of nitrogens with zero attached hydrogens (tertiary/aromatic N) is 1. The summed E-state index contributed by atoms with van der Waals surface area (Å²) in [4.78, 5) is 16.0. The number of aryl methyl sites for hydroxylation is 2. The van der Waals surface area contributed by atoms with Crippen molar-refractivity contribution in [3.8, 4) is 0 Å². The molecular weight excluding hydrogens is 252 g/mol. The molecule has 0 bridgehead atoms. The van der Waals surface area contributed by atoms with Crippen LogP contribution in [-0.4, -0.2) is 23.5 Å². The van der Waals surface area contributed by atoms with Gasteiger partial charge in [0.05, 0.1) is 5.56 Å². The van der Waals surface area contributed by atoms with Gasteiger partial charge in [-0.05, 0) is 44.2 Å². The van der Waals surface area contributed by atoms with Crippen molar-refractivity contribution >= 4 is 11.7 Å². The van der Waals surface area contributed by atoms with E-state index in [9.17, 15) is 4.79 Å². The van der Waals surface area contributed by atoms with Gasteiger partial charge in [0.2, 0.25) is 0 Å². The summed E-state index contributed by atoms with van der Waals surface area (Å²) in [5, 5.41) is 3.28. The van der Waals surface area contributed by atoms with E-state index in [2.05, 4.69) is 10.3 Å². The number of primary amides is 1. The molecule has 1 aliphatic rings. The quantitative estimate of drug-likeness (QED) is 0.780. The Balaban J connectivity index is 2.14. The van der Waals surface area contributed by atoms with Crippen LogP contribution < -0.4 is 16.8 Å². The molecule has 2 atom stereocenters. The molecule has 20 heavy (non-hydrogen) atoms. The summed E-state index contributed by atoms with van der Waals surface area (Å²) in [5.74, 6) is 0.588. The minimum absolute atomic E-state index is 0.235. The normalized spacial score (nSPS) is 22.6. The number of pyridine rings is 1. The Morgan fingerprint density at radius 2 is 2.10 bits per heavy atom. The van der Waals surface area contributed by atoms with Crippen LogP contribution in [0.15, 0.2) is 6.07 Å². The zero-order chi connectivity index (χ0) is 14.7. The van der Waals surface area contributed by atoms with Crippen LogP contribution in [0.1, 0.15) is 47.3 Å². The van der Waals surface area contributed by atoms with Gasteiger partial charge in [-0.2, -0.15) is 0 Å². The molecule has 0 spiro atoms. The van der Waals surface area contributed by atoms with Crippen LogP contribution in [0.2, 0.25) is 0 Å². The summed E-state index contributed by atoms with van der Waals surface area (Å²) < 4.78 is 0. The number of carbonyl (C=O) groups is 1.